The maximum Gasteiger partial charge on any atom is 0.251 e. The molecular weight excluding hydrogens is 392 g/mol. The van der Waals surface area contributed by atoms with Crippen molar-refractivity contribution in [3.8, 4) is 5.75 Å². The number of sulfonamides is 1. The van der Waals surface area contributed by atoms with Gasteiger partial charge in [0.1, 0.15) is 11.5 Å². The first kappa shape index (κ1) is 20.6. The summed E-state index contributed by atoms with van der Waals surface area (Å²) >= 11 is 0. The fourth-order valence-corrected chi connectivity index (χ4v) is 3.99. The summed E-state index contributed by atoms with van der Waals surface area (Å²) in [5.41, 5.74) is 0.984. The number of furan rings is 1. The lowest BCUT2D eigenvalue weighted by atomic mass is 10.1. The Kier molecular flexibility index (Phi) is 6.36. The second-order valence-corrected chi connectivity index (χ2v) is 8.41. The molecule has 0 aliphatic heterocycles. The maximum atomic E-state index is 12.8. The molecule has 0 atom stereocenters. The Balaban J connectivity index is 1.79. The molecule has 0 aliphatic carbocycles. The summed E-state index contributed by atoms with van der Waals surface area (Å²) in [6.45, 7) is 0.315. The van der Waals surface area contributed by atoms with Gasteiger partial charge in [-0.25, -0.2) is 8.42 Å². The van der Waals surface area contributed by atoms with Crippen LogP contribution in [0.1, 0.15) is 21.7 Å². The van der Waals surface area contributed by atoms with Gasteiger partial charge in [-0.05, 0) is 42.5 Å². The van der Waals surface area contributed by atoms with Gasteiger partial charge < -0.3 is 14.5 Å². The van der Waals surface area contributed by atoms with E-state index in [1.165, 1.54) is 24.7 Å². The number of rotatable bonds is 8. The molecular formula is C21H22N2O5S. The molecule has 152 valence electrons. The summed E-state index contributed by atoms with van der Waals surface area (Å²) in [7, 11) is -0.678. The van der Waals surface area contributed by atoms with E-state index in [1.807, 2.05) is 0 Å². The summed E-state index contributed by atoms with van der Waals surface area (Å²) in [5.74, 6) is 0.849. The smallest absolute Gasteiger partial charge is 0.251 e. The minimum absolute atomic E-state index is 0.0553. The minimum Gasteiger partial charge on any atom is -0.496 e. The summed E-state index contributed by atoms with van der Waals surface area (Å²) < 4.78 is 37.3. The molecule has 0 saturated heterocycles. The number of benzene rings is 2. The fourth-order valence-electron chi connectivity index (χ4n) is 2.82. The molecule has 0 radical (unpaired) electrons. The number of methoxy groups -OCH3 is 1. The van der Waals surface area contributed by atoms with Crippen LogP contribution >= 0.6 is 0 Å². The summed E-state index contributed by atoms with van der Waals surface area (Å²) in [6.07, 6.45) is 1.54. The van der Waals surface area contributed by atoms with Crippen LogP contribution in [0.4, 0.5) is 0 Å². The van der Waals surface area contributed by atoms with Crippen LogP contribution in [-0.4, -0.2) is 32.8 Å². The van der Waals surface area contributed by atoms with Crippen molar-refractivity contribution in [3.63, 3.8) is 0 Å². The molecule has 0 spiro atoms. The van der Waals surface area contributed by atoms with E-state index in [9.17, 15) is 13.2 Å². The largest absolute Gasteiger partial charge is 0.496 e. The molecule has 7 nitrogen and oxygen atoms in total. The lowest BCUT2D eigenvalue weighted by Gasteiger charge is -2.19. The van der Waals surface area contributed by atoms with E-state index in [2.05, 4.69) is 5.32 Å². The minimum atomic E-state index is -3.67. The van der Waals surface area contributed by atoms with Gasteiger partial charge in [-0.2, -0.15) is 4.31 Å². The summed E-state index contributed by atoms with van der Waals surface area (Å²) in [6, 6.07) is 16.6. The average molecular weight is 414 g/mol. The highest BCUT2D eigenvalue weighted by Gasteiger charge is 2.22. The van der Waals surface area contributed by atoms with Gasteiger partial charge in [-0.1, -0.05) is 18.2 Å². The van der Waals surface area contributed by atoms with E-state index in [1.54, 1.807) is 60.7 Å². The third kappa shape index (κ3) is 4.85. The van der Waals surface area contributed by atoms with E-state index in [-0.39, 0.29) is 23.9 Å². The number of amides is 1. The summed E-state index contributed by atoms with van der Waals surface area (Å²) in [4.78, 5) is 12.7. The Morgan fingerprint density at radius 1 is 1.10 bits per heavy atom. The van der Waals surface area contributed by atoms with Gasteiger partial charge in [0.2, 0.25) is 10.0 Å². The first-order chi connectivity index (χ1) is 13.9. The quantitative estimate of drug-likeness (QED) is 0.612. The molecule has 1 heterocycles. The van der Waals surface area contributed by atoms with Crippen LogP contribution in [0.15, 0.2) is 76.2 Å². The van der Waals surface area contributed by atoms with Crippen LogP contribution in [-0.2, 0) is 23.1 Å². The second-order valence-electron chi connectivity index (χ2n) is 6.36. The number of nitrogens with zero attached hydrogens (tertiary/aromatic N) is 1. The van der Waals surface area contributed by atoms with Gasteiger partial charge in [-0.15, -0.1) is 0 Å². The van der Waals surface area contributed by atoms with Crippen molar-refractivity contribution < 1.29 is 22.4 Å². The third-order valence-electron chi connectivity index (χ3n) is 4.39. The van der Waals surface area contributed by atoms with Crippen molar-refractivity contribution in [2.45, 2.75) is 18.0 Å². The SMILES string of the molecule is COc1ccc(C(=O)NCc2ccco2)cc1CN(C)S(=O)(=O)c1ccccc1. The first-order valence-electron chi connectivity index (χ1n) is 8.90. The number of nitrogens with one attached hydrogen (secondary N) is 1. The lowest BCUT2D eigenvalue weighted by Crippen LogP contribution is -2.27. The molecule has 3 rings (SSSR count). The molecule has 0 aliphatic rings. The average Bonchev–Trinajstić information content (AvgIpc) is 3.26. The van der Waals surface area contributed by atoms with Crippen LogP contribution in [0.5, 0.6) is 5.75 Å². The predicted molar refractivity (Wildman–Crippen MR) is 108 cm³/mol. The predicted octanol–water partition coefficient (Wildman–Crippen LogP) is 3.04. The monoisotopic (exact) mass is 414 g/mol. The Labute approximate surface area is 170 Å². The number of hydrogen-bond acceptors (Lipinski definition) is 5. The van der Waals surface area contributed by atoms with Crippen LogP contribution in [0.25, 0.3) is 0 Å². The van der Waals surface area contributed by atoms with Crippen molar-refractivity contribution in [1.29, 1.82) is 0 Å². The Morgan fingerprint density at radius 2 is 1.86 bits per heavy atom. The van der Waals surface area contributed by atoms with Crippen molar-refractivity contribution >= 4 is 15.9 Å². The Hall–Kier alpha value is -3.10. The first-order valence-corrected chi connectivity index (χ1v) is 10.3. The van der Waals surface area contributed by atoms with Crippen LogP contribution < -0.4 is 10.1 Å². The van der Waals surface area contributed by atoms with Crippen molar-refractivity contribution in [2.24, 2.45) is 0 Å². The lowest BCUT2D eigenvalue weighted by molar-refractivity contribution is 0.0948. The molecule has 2 aromatic carbocycles. The number of carbonyl (C=O) groups is 1. The maximum absolute atomic E-state index is 12.8. The summed E-state index contributed by atoms with van der Waals surface area (Å²) in [5, 5.41) is 2.77. The normalized spacial score (nSPS) is 11.4. The second kappa shape index (κ2) is 8.93. The van der Waals surface area contributed by atoms with Gasteiger partial charge in [0, 0.05) is 24.7 Å². The van der Waals surface area contributed by atoms with E-state index in [0.717, 1.165) is 0 Å². The van der Waals surface area contributed by atoms with Gasteiger partial charge in [-0.3, -0.25) is 4.79 Å². The van der Waals surface area contributed by atoms with Crippen molar-refractivity contribution in [1.82, 2.24) is 9.62 Å². The molecule has 29 heavy (non-hydrogen) atoms. The van der Waals surface area contributed by atoms with Crippen LogP contribution in [0, 0.1) is 0 Å². The van der Waals surface area contributed by atoms with Crippen LogP contribution in [0.2, 0.25) is 0 Å². The highest BCUT2D eigenvalue weighted by molar-refractivity contribution is 7.89. The van der Waals surface area contributed by atoms with Gasteiger partial charge in [0.25, 0.3) is 5.91 Å². The van der Waals surface area contributed by atoms with E-state index in [4.69, 9.17) is 9.15 Å². The van der Waals surface area contributed by atoms with Crippen molar-refractivity contribution in [3.05, 3.63) is 83.8 Å². The molecule has 1 N–H and O–H groups in total. The molecule has 0 unspecified atom stereocenters. The highest BCUT2D eigenvalue weighted by Crippen LogP contribution is 2.24. The molecule has 0 bridgehead atoms. The molecule has 1 aromatic heterocycles. The fraction of sp³-hybridized carbons (Fsp3) is 0.190. The van der Waals surface area contributed by atoms with E-state index >= 15 is 0 Å². The van der Waals surface area contributed by atoms with E-state index in [0.29, 0.717) is 22.6 Å². The van der Waals surface area contributed by atoms with Gasteiger partial charge in [0.15, 0.2) is 0 Å². The zero-order chi connectivity index (χ0) is 20.9. The third-order valence-corrected chi connectivity index (χ3v) is 6.21. The van der Waals surface area contributed by atoms with Gasteiger partial charge in [0.05, 0.1) is 24.8 Å². The Bertz CT molecular complexity index is 1060. The topological polar surface area (TPSA) is 88.8 Å². The molecule has 3 aromatic rings. The van der Waals surface area contributed by atoms with Crippen LogP contribution in [0.3, 0.4) is 0 Å². The molecule has 0 fully saturated rings. The van der Waals surface area contributed by atoms with E-state index < -0.39 is 10.0 Å². The molecule has 1 amide bonds. The number of hydrogen-bond donors (Lipinski definition) is 1. The van der Waals surface area contributed by atoms with Gasteiger partial charge >= 0.3 is 0 Å². The Morgan fingerprint density at radius 3 is 2.52 bits per heavy atom. The molecule has 8 heteroatoms. The zero-order valence-corrected chi connectivity index (χ0v) is 17.0. The highest BCUT2D eigenvalue weighted by atomic mass is 32.2. The standard InChI is InChI=1S/C21H22N2O5S/c1-23(29(25,26)19-8-4-3-5-9-19)15-17-13-16(10-11-20(17)27-2)21(24)22-14-18-7-6-12-28-18/h3-13H,14-15H2,1-2H3,(H,22,24). The van der Waals surface area contributed by atoms with Crippen molar-refractivity contribution in [2.75, 3.05) is 14.2 Å². The zero-order valence-electron chi connectivity index (χ0n) is 16.2. The number of carbonyl (C=O) groups excluding carboxylic acids is 1. The molecule has 0 saturated carbocycles. The number of ether oxygens (including phenoxy) is 1.